The molecule has 0 fully saturated rings. The van der Waals surface area contributed by atoms with Crippen molar-refractivity contribution in [3.8, 4) is 22.8 Å². The Hall–Kier alpha value is -2.23. The Morgan fingerprint density at radius 3 is 2.27 bits per heavy atom. The molecule has 0 saturated heterocycles. The van der Waals surface area contributed by atoms with Crippen molar-refractivity contribution in [2.24, 2.45) is 0 Å². The molecule has 0 aliphatic heterocycles. The van der Waals surface area contributed by atoms with Crippen molar-refractivity contribution in [2.45, 2.75) is 0 Å². The van der Waals surface area contributed by atoms with Crippen LogP contribution in [-0.4, -0.2) is 20.2 Å². The van der Waals surface area contributed by atoms with Crippen molar-refractivity contribution in [1.82, 2.24) is 20.2 Å². The van der Waals surface area contributed by atoms with E-state index < -0.39 is 0 Å². The number of nitrogens with one attached hydrogen (secondary N) is 3. The molecule has 0 bridgehead atoms. The van der Waals surface area contributed by atoms with Gasteiger partial charge in [-0.3, -0.25) is 5.10 Å². The van der Waals surface area contributed by atoms with Crippen LogP contribution in [0.5, 0.6) is 0 Å². The molecule has 0 radical (unpaired) electrons. The van der Waals surface area contributed by atoms with Gasteiger partial charge in [0.25, 0.3) is 0 Å². The second-order valence-corrected chi connectivity index (χ2v) is 3.33. The Morgan fingerprint density at radius 2 is 1.60 bits per heavy atom. The number of nitrogens with zero attached hydrogens (tertiary/aromatic N) is 1. The fraction of sp³-hybridized carbons (Fsp3) is 0. The Bertz CT molecular complexity index is 482. The molecule has 0 unspecified atom stereocenters. The Labute approximate surface area is 86.4 Å². The number of H-pyrrole nitrogens is 3. The van der Waals surface area contributed by atoms with Crippen LogP contribution in [-0.2, 0) is 0 Å². The van der Waals surface area contributed by atoms with Crippen molar-refractivity contribution in [2.75, 3.05) is 0 Å². The molecule has 0 aliphatic carbocycles. The molecule has 0 saturated carbocycles. The molecular formula is C11H10N4. The maximum atomic E-state index is 4.24. The van der Waals surface area contributed by atoms with Gasteiger partial charge in [0, 0.05) is 12.4 Å². The molecule has 4 heteroatoms. The van der Waals surface area contributed by atoms with E-state index >= 15 is 0 Å². The Kier molecular flexibility index (Phi) is 1.71. The SMILES string of the molecule is c1c[nH]c(-c2cc(-c3ccc[nH]3)[nH]n2)c1. The molecule has 3 N–H and O–H groups in total. The molecule has 4 nitrogen and oxygen atoms in total. The zero-order valence-corrected chi connectivity index (χ0v) is 7.99. The molecule has 0 aliphatic rings. The summed E-state index contributed by atoms with van der Waals surface area (Å²) in [5, 5.41) is 7.23. The topological polar surface area (TPSA) is 60.3 Å². The average molecular weight is 198 g/mol. The van der Waals surface area contributed by atoms with Crippen LogP contribution in [0.25, 0.3) is 22.8 Å². The normalized spacial score (nSPS) is 10.7. The van der Waals surface area contributed by atoms with Gasteiger partial charge in [-0.05, 0) is 30.3 Å². The largest absolute Gasteiger partial charge is 0.360 e. The molecular weight excluding hydrogens is 188 g/mol. The lowest BCUT2D eigenvalue weighted by atomic mass is 10.2. The minimum absolute atomic E-state index is 0.921. The second-order valence-electron chi connectivity index (χ2n) is 3.33. The lowest BCUT2D eigenvalue weighted by molar-refractivity contribution is 1.09. The number of hydrogen-bond donors (Lipinski definition) is 3. The lowest BCUT2D eigenvalue weighted by Crippen LogP contribution is -1.76. The van der Waals surface area contributed by atoms with Crippen LogP contribution in [0.15, 0.2) is 42.7 Å². The molecule has 0 aromatic carbocycles. The van der Waals surface area contributed by atoms with E-state index in [0.717, 1.165) is 22.8 Å². The maximum Gasteiger partial charge on any atom is 0.109 e. The van der Waals surface area contributed by atoms with Crippen LogP contribution < -0.4 is 0 Å². The highest BCUT2D eigenvalue weighted by atomic mass is 15.1. The first kappa shape index (κ1) is 8.11. The third kappa shape index (κ3) is 1.36. The summed E-state index contributed by atoms with van der Waals surface area (Å²) in [7, 11) is 0. The van der Waals surface area contributed by atoms with Crippen molar-refractivity contribution in [1.29, 1.82) is 0 Å². The quantitative estimate of drug-likeness (QED) is 0.581. The van der Waals surface area contributed by atoms with E-state index in [2.05, 4.69) is 20.2 Å². The van der Waals surface area contributed by atoms with Gasteiger partial charge in [-0.25, -0.2) is 0 Å². The monoisotopic (exact) mass is 198 g/mol. The molecule has 0 spiro atoms. The summed E-state index contributed by atoms with van der Waals surface area (Å²) in [6.45, 7) is 0. The molecule has 3 heterocycles. The number of hydrogen-bond acceptors (Lipinski definition) is 1. The Morgan fingerprint density at radius 1 is 0.867 bits per heavy atom. The predicted molar refractivity (Wildman–Crippen MR) is 58.2 cm³/mol. The van der Waals surface area contributed by atoms with Gasteiger partial charge in [0.05, 0.1) is 17.1 Å². The van der Waals surface area contributed by atoms with E-state index in [0.29, 0.717) is 0 Å². The minimum Gasteiger partial charge on any atom is -0.360 e. The molecule has 0 atom stereocenters. The van der Waals surface area contributed by atoms with Crippen LogP contribution in [0, 0.1) is 0 Å². The minimum atomic E-state index is 0.921. The number of aromatic nitrogens is 4. The van der Waals surface area contributed by atoms with Crippen LogP contribution in [0.3, 0.4) is 0 Å². The third-order valence-corrected chi connectivity index (χ3v) is 2.34. The second kappa shape index (κ2) is 3.16. The molecule has 3 rings (SSSR count). The number of aromatic amines is 3. The standard InChI is InChI=1S/C11H10N4/c1-3-8(12-5-1)10-7-11(15-14-10)9-4-2-6-13-9/h1-7,12-13H,(H,14,15). The van der Waals surface area contributed by atoms with E-state index in [9.17, 15) is 0 Å². The fourth-order valence-corrected chi connectivity index (χ4v) is 1.59. The van der Waals surface area contributed by atoms with E-state index in [1.807, 2.05) is 42.7 Å². The molecule has 15 heavy (non-hydrogen) atoms. The first-order chi connectivity index (χ1) is 7.43. The maximum absolute atomic E-state index is 4.24. The van der Waals surface area contributed by atoms with Gasteiger partial charge in [0.1, 0.15) is 5.69 Å². The van der Waals surface area contributed by atoms with E-state index in [1.165, 1.54) is 0 Å². The van der Waals surface area contributed by atoms with Crippen LogP contribution >= 0.6 is 0 Å². The first-order valence-corrected chi connectivity index (χ1v) is 4.76. The molecule has 0 amide bonds. The Balaban J connectivity index is 2.02. The molecule has 3 aromatic heterocycles. The van der Waals surface area contributed by atoms with Crippen LogP contribution in [0.4, 0.5) is 0 Å². The van der Waals surface area contributed by atoms with Gasteiger partial charge in [0.2, 0.25) is 0 Å². The summed E-state index contributed by atoms with van der Waals surface area (Å²) in [4.78, 5) is 6.25. The first-order valence-electron chi connectivity index (χ1n) is 4.76. The highest BCUT2D eigenvalue weighted by Crippen LogP contribution is 2.20. The van der Waals surface area contributed by atoms with E-state index in [4.69, 9.17) is 0 Å². The van der Waals surface area contributed by atoms with Gasteiger partial charge in [-0.1, -0.05) is 0 Å². The smallest absolute Gasteiger partial charge is 0.109 e. The van der Waals surface area contributed by atoms with E-state index in [1.54, 1.807) is 0 Å². The van der Waals surface area contributed by atoms with Crippen molar-refractivity contribution < 1.29 is 0 Å². The highest BCUT2D eigenvalue weighted by molar-refractivity contribution is 5.63. The third-order valence-electron chi connectivity index (χ3n) is 2.34. The van der Waals surface area contributed by atoms with Crippen molar-refractivity contribution in [3.63, 3.8) is 0 Å². The molecule has 3 aromatic rings. The highest BCUT2D eigenvalue weighted by Gasteiger charge is 2.05. The van der Waals surface area contributed by atoms with Gasteiger partial charge in [0.15, 0.2) is 0 Å². The zero-order valence-electron chi connectivity index (χ0n) is 7.99. The molecule has 74 valence electrons. The van der Waals surface area contributed by atoms with Crippen molar-refractivity contribution >= 4 is 0 Å². The lowest BCUT2D eigenvalue weighted by Gasteiger charge is -1.88. The van der Waals surface area contributed by atoms with Crippen molar-refractivity contribution in [3.05, 3.63) is 42.7 Å². The average Bonchev–Trinajstić information content (AvgIpc) is 3.02. The van der Waals surface area contributed by atoms with Gasteiger partial charge >= 0.3 is 0 Å². The summed E-state index contributed by atoms with van der Waals surface area (Å²) in [5.74, 6) is 0. The van der Waals surface area contributed by atoms with Crippen LogP contribution in [0.1, 0.15) is 0 Å². The van der Waals surface area contributed by atoms with Gasteiger partial charge in [-0.15, -0.1) is 0 Å². The van der Waals surface area contributed by atoms with Gasteiger partial charge < -0.3 is 9.97 Å². The predicted octanol–water partition coefficient (Wildman–Crippen LogP) is 2.40. The summed E-state index contributed by atoms with van der Waals surface area (Å²) >= 11 is 0. The van der Waals surface area contributed by atoms with Crippen LogP contribution in [0.2, 0.25) is 0 Å². The number of rotatable bonds is 2. The summed E-state index contributed by atoms with van der Waals surface area (Å²) in [6, 6.07) is 9.93. The fourth-order valence-electron chi connectivity index (χ4n) is 1.59. The zero-order chi connectivity index (χ0) is 10.1. The van der Waals surface area contributed by atoms with E-state index in [-0.39, 0.29) is 0 Å². The van der Waals surface area contributed by atoms with Gasteiger partial charge in [-0.2, -0.15) is 5.10 Å². The summed E-state index contributed by atoms with van der Waals surface area (Å²) in [5.41, 5.74) is 3.97. The summed E-state index contributed by atoms with van der Waals surface area (Å²) in [6.07, 6.45) is 3.78. The summed E-state index contributed by atoms with van der Waals surface area (Å²) < 4.78 is 0.